The topological polar surface area (TPSA) is 65.0 Å². The molecule has 0 radical (unpaired) electrons. The third kappa shape index (κ3) is 6.73. The third-order valence-corrected chi connectivity index (χ3v) is 5.87. The van der Waals surface area contributed by atoms with E-state index in [2.05, 4.69) is 6.92 Å². The smallest absolute Gasteiger partial charge is 0.303 e. The second kappa shape index (κ2) is 11.8. The van der Waals surface area contributed by atoms with Crippen LogP contribution in [0.15, 0.2) is 42.5 Å². The number of fused-ring (bicyclic) bond motifs is 1. The summed E-state index contributed by atoms with van der Waals surface area (Å²) in [6.07, 6.45) is 6.80. The molecule has 1 N–H and O–H groups in total. The number of methoxy groups -OCH3 is 1. The molecule has 168 valence electrons. The van der Waals surface area contributed by atoms with Gasteiger partial charge >= 0.3 is 5.97 Å². The molecule has 31 heavy (non-hydrogen) atoms. The van der Waals surface area contributed by atoms with Gasteiger partial charge in [0.25, 0.3) is 0 Å². The number of ether oxygens (including phenoxy) is 3. The molecule has 2 aromatic carbocycles. The molecule has 1 aliphatic carbocycles. The van der Waals surface area contributed by atoms with E-state index in [-0.39, 0.29) is 18.4 Å². The fourth-order valence-electron chi connectivity index (χ4n) is 4.24. The quantitative estimate of drug-likeness (QED) is 0.401. The molecule has 0 amide bonds. The number of hydrogen-bond donors (Lipinski definition) is 1. The lowest BCUT2D eigenvalue weighted by molar-refractivity contribution is -0.139. The Morgan fingerprint density at radius 2 is 1.74 bits per heavy atom. The highest BCUT2D eigenvalue weighted by Gasteiger charge is 2.34. The van der Waals surface area contributed by atoms with Crippen molar-refractivity contribution in [1.29, 1.82) is 0 Å². The molecular weight excluding hydrogens is 392 g/mol. The molecule has 1 aliphatic rings. The Morgan fingerprint density at radius 1 is 1.00 bits per heavy atom. The average molecular weight is 427 g/mol. The first-order valence-electron chi connectivity index (χ1n) is 11.3. The van der Waals surface area contributed by atoms with E-state index >= 15 is 0 Å². The number of benzene rings is 2. The van der Waals surface area contributed by atoms with Crippen LogP contribution in [-0.4, -0.2) is 24.8 Å². The van der Waals surface area contributed by atoms with Gasteiger partial charge in [-0.15, -0.1) is 0 Å². The van der Waals surface area contributed by atoms with Crippen LogP contribution in [-0.2, 0) is 22.6 Å². The SMILES string of the molecule is CCCCCCCOc1ccc(COc2ccc3c(c2)CC(CC(=O)O)C3OC)cc1. The van der Waals surface area contributed by atoms with Crippen LogP contribution in [0.2, 0.25) is 0 Å². The molecule has 0 fully saturated rings. The van der Waals surface area contributed by atoms with E-state index in [0.29, 0.717) is 13.0 Å². The van der Waals surface area contributed by atoms with E-state index in [0.717, 1.165) is 41.2 Å². The highest BCUT2D eigenvalue weighted by molar-refractivity contribution is 5.67. The van der Waals surface area contributed by atoms with Crippen molar-refractivity contribution in [3.8, 4) is 11.5 Å². The molecule has 0 spiro atoms. The second-order valence-electron chi connectivity index (χ2n) is 8.27. The molecule has 2 aromatic rings. The van der Waals surface area contributed by atoms with Crippen LogP contribution in [0, 0.1) is 5.92 Å². The normalized spacial score (nSPS) is 17.4. The van der Waals surface area contributed by atoms with Crippen molar-refractivity contribution in [3.05, 3.63) is 59.2 Å². The fourth-order valence-corrected chi connectivity index (χ4v) is 4.24. The summed E-state index contributed by atoms with van der Waals surface area (Å²) >= 11 is 0. The Bertz CT molecular complexity index is 830. The number of aliphatic carboxylic acids is 1. The highest BCUT2D eigenvalue weighted by atomic mass is 16.5. The molecule has 0 saturated heterocycles. The maximum atomic E-state index is 11.1. The van der Waals surface area contributed by atoms with Crippen molar-refractivity contribution >= 4 is 5.97 Å². The van der Waals surface area contributed by atoms with Gasteiger partial charge in [-0.3, -0.25) is 4.79 Å². The van der Waals surface area contributed by atoms with Crippen molar-refractivity contribution in [2.24, 2.45) is 5.92 Å². The first-order chi connectivity index (χ1) is 15.1. The van der Waals surface area contributed by atoms with Crippen LogP contribution < -0.4 is 9.47 Å². The van der Waals surface area contributed by atoms with Crippen LogP contribution in [0.1, 0.15) is 68.2 Å². The van der Waals surface area contributed by atoms with Crippen molar-refractivity contribution in [2.45, 2.75) is 64.6 Å². The zero-order valence-electron chi connectivity index (χ0n) is 18.6. The minimum atomic E-state index is -0.791. The minimum Gasteiger partial charge on any atom is -0.494 e. The first kappa shape index (κ1) is 23.1. The monoisotopic (exact) mass is 426 g/mol. The molecule has 5 heteroatoms. The molecular formula is C26H34O5. The summed E-state index contributed by atoms with van der Waals surface area (Å²) in [5, 5.41) is 9.15. The van der Waals surface area contributed by atoms with Gasteiger partial charge in [0.05, 0.1) is 19.1 Å². The third-order valence-electron chi connectivity index (χ3n) is 5.87. The molecule has 2 atom stereocenters. The number of carbonyl (C=O) groups is 1. The first-order valence-corrected chi connectivity index (χ1v) is 11.3. The van der Waals surface area contributed by atoms with Gasteiger partial charge in [0, 0.05) is 13.0 Å². The molecule has 3 rings (SSSR count). The van der Waals surface area contributed by atoms with E-state index in [4.69, 9.17) is 19.3 Å². The summed E-state index contributed by atoms with van der Waals surface area (Å²) in [7, 11) is 1.64. The Kier molecular flexibility index (Phi) is 8.77. The summed E-state index contributed by atoms with van der Waals surface area (Å²) in [5.41, 5.74) is 3.25. The number of unbranched alkanes of at least 4 members (excludes halogenated alkanes) is 4. The minimum absolute atomic E-state index is 0.0352. The Labute approximate surface area is 185 Å². The van der Waals surface area contributed by atoms with Gasteiger partial charge in [-0.05, 0) is 53.8 Å². The van der Waals surface area contributed by atoms with Crippen molar-refractivity contribution < 1.29 is 24.1 Å². The molecule has 5 nitrogen and oxygen atoms in total. The predicted octanol–water partition coefficient (Wildman–Crippen LogP) is 5.95. The lowest BCUT2D eigenvalue weighted by Gasteiger charge is -2.17. The summed E-state index contributed by atoms with van der Waals surface area (Å²) < 4.78 is 17.4. The van der Waals surface area contributed by atoms with E-state index in [1.165, 1.54) is 25.7 Å². The van der Waals surface area contributed by atoms with E-state index in [1.807, 2.05) is 42.5 Å². The molecule has 2 unspecified atom stereocenters. The summed E-state index contributed by atoms with van der Waals surface area (Å²) in [5.74, 6) is 0.857. The summed E-state index contributed by atoms with van der Waals surface area (Å²) in [6.45, 7) is 3.46. The van der Waals surface area contributed by atoms with Crippen LogP contribution >= 0.6 is 0 Å². The van der Waals surface area contributed by atoms with Gasteiger partial charge in [-0.25, -0.2) is 0 Å². The van der Waals surface area contributed by atoms with Gasteiger partial charge < -0.3 is 19.3 Å². The lowest BCUT2D eigenvalue weighted by atomic mass is 9.99. The van der Waals surface area contributed by atoms with Crippen molar-refractivity contribution in [1.82, 2.24) is 0 Å². The van der Waals surface area contributed by atoms with Crippen molar-refractivity contribution in [3.63, 3.8) is 0 Å². The molecule has 0 saturated carbocycles. The largest absolute Gasteiger partial charge is 0.494 e. The van der Waals surface area contributed by atoms with Gasteiger partial charge in [0.15, 0.2) is 0 Å². The number of carboxylic acids is 1. The zero-order valence-corrected chi connectivity index (χ0v) is 18.6. The zero-order chi connectivity index (χ0) is 22.1. The van der Waals surface area contributed by atoms with E-state index < -0.39 is 5.97 Å². The number of rotatable bonds is 13. The van der Waals surface area contributed by atoms with Gasteiger partial charge in [-0.2, -0.15) is 0 Å². The maximum Gasteiger partial charge on any atom is 0.303 e. The van der Waals surface area contributed by atoms with Crippen LogP contribution in [0.25, 0.3) is 0 Å². The number of carboxylic acid groups (broad SMARTS) is 1. The van der Waals surface area contributed by atoms with Crippen LogP contribution in [0.5, 0.6) is 11.5 Å². The van der Waals surface area contributed by atoms with Gasteiger partial charge in [0.1, 0.15) is 18.1 Å². The summed E-state index contributed by atoms with van der Waals surface area (Å²) in [6, 6.07) is 14.0. The van der Waals surface area contributed by atoms with E-state index in [9.17, 15) is 4.79 Å². The average Bonchev–Trinajstić information content (AvgIpc) is 3.11. The van der Waals surface area contributed by atoms with Crippen LogP contribution in [0.4, 0.5) is 0 Å². The summed E-state index contributed by atoms with van der Waals surface area (Å²) in [4.78, 5) is 11.1. The lowest BCUT2D eigenvalue weighted by Crippen LogP contribution is -2.14. The van der Waals surface area contributed by atoms with Gasteiger partial charge in [-0.1, -0.05) is 50.8 Å². The molecule has 0 aromatic heterocycles. The molecule has 0 bridgehead atoms. The highest BCUT2D eigenvalue weighted by Crippen LogP contribution is 2.41. The van der Waals surface area contributed by atoms with Crippen molar-refractivity contribution in [2.75, 3.05) is 13.7 Å². The van der Waals surface area contributed by atoms with E-state index in [1.54, 1.807) is 7.11 Å². The Hall–Kier alpha value is -2.53. The van der Waals surface area contributed by atoms with Crippen LogP contribution in [0.3, 0.4) is 0 Å². The Balaban J connectivity index is 1.48. The molecule has 0 aliphatic heterocycles. The predicted molar refractivity (Wildman–Crippen MR) is 121 cm³/mol. The Morgan fingerprint density at radius 3 is 2.45 bits per heavy atom. The second-order valence-corrected chi connectivity index (χ2v) is 8.27. The number of hydrogen-bond acceptors (Lipinski definition) is 4. The fraction of sp³-hybridized carbons (Fsp3) is 0.500. The maximum absolute atomic E-state index is 11.1. The van der Waals surface area contributed by atoms with Gasteiger partial charge in [0.2, 0.25) is 0 Å². The standard InChI is InChI=1S/C26H34O5/c1-3-4-5-6-7-14-30-22-10-8-19(9-11-22)18-31-23-12-13-24-20(16-23)15-21(17-25(27)28)26(24)29-2/h8-13,16,21,26H,3-7,14-15,17-18H2,1-2H3,(H,27,28). The molecule has 0 heterocycles.